The minimum Gasteiger partial charge on any atom is -0.310 e. The second kappa shape index (κ2) is 6.59. The number of benzene rings is 1. The van der Waals surface area contributed by atoms with E-state index in [0.717, 1.165) is 18.9 Å². The predicted octanol–water partition coefficient (Wildman–Crippen LogP) is 4.15. The van der Waals surface area contributed by atoms with E-state index in [0.29, 0.717) is 12.1 Å². The highest BCUT2D eigenvalue weighted by Gasteiger charge is 2.30. The summed E-state index contributed by atoms with van der Waals surface area (Å²) in [5, 5.41) is 3.20. The van der Waals surface area contributed by atoms with Crippen molar-refractivity contribution >= 4 is 0 Å². The summed E-state index contributed by atoms with van der Waals surface area (Å²) in [6, 6.07) is 5.67. The van der Waals surface area contributed by atoms with Gasteiger partial charge in [0.2, 0.25) is 0 Å². The van der Waals surface area contributed by atoms with E-state index in [1.165, 1.54) is 12.1 Å². The zero-order chi connectivity index (χ0) is 13.6. The SMILES string of the molecule is C=CCCC(C)NCc1cccc(C(F)(F)F)c1. The fourth-order valence-electron chi connectivity index (χ4n) is 1.62. The normalized spacial score (nSPS) is 13.3. The van der Waals surface area contributed by atoms with Crippen LogP contribution in [-0.2, 0) is 12.7 Å². The lowest BCUT2D eigenvalue weighted by molar-refractivity contribution is -0.137. The molecule has 0 fully saturated rings. The van der Waals surface area contributed by atoms with Gasteiger partial charge in [-0.3, -0.25) is 0 Å². The zero-order valence-corrected chi connectivity index (χ0v) is 10.4. The fraction of sp³-hybridized carbons (Fsp3) is 0.429. The van der Waals surface area contributed by atoms with E-state index in [1.54, 1.807) is 6.07 Å². The Morgan fingerprint density at radius 3 is 2.72 bits per heavy atom. The van der Waals surface area contributed by atoms with Crippen LogP contribution in [0.15, 0.2) is 36.9 Å². The van der Waals surface area contributed by atoms with Crippen molar-refractivity contribution in [1.82, 2.24) is 5.32 Å². The lowest BCUT2D eigenvalue weighted by Gasteiger charge is -2.14. The lowest BCUT2D eigenvalue weighted by atomic mass is 10.1. The number of hydrogen-bond acceptors (Lipinski definition) is 1. The van der Waals surface area contributed by atoms with Gasteiger partial charge in [0.05, 0.1) is 5.56 Å². The van der Waals surface area contributed by atoms with Crippen LogP contribution in [0, 0.1) is 0 Å². The van der Waals surface area contributed by atoms with Crippen molar-refractivity contribution in [2.45, 2.75) is 38.5 Å². The molecule has 1 rings (SSSR count). The molecule has 0 saturated carbocycles. The first-order valence-electron chi connectivity index (χ1n) is 5.94. The molecule has 0 amide bonds. The number of alkyl halides is 3. The molecule has 1 aromatic rings. The average Bonchev–Trinajstić information content (AvgIpc) is 2.33. The summed E-state index contributed by atoms with van der Waals surface area (Å²) in [4.78, 5) is 0. The molecule has 0 aliphatic rings. The first-order chi connectivity index (χ1) is 8.43. The predicted molar refractivity (Wildman–Crippen MR) is 67.2 cm³/mol. The van der Waals surface area contributed by atoms with Crippen molar-refractivity contribution in [3.63, 3.8) is 0 Å². The van der Waals surface area contributed by atoms with Gasteiger partial charge in [0, 0.05) is 12.6 Å². The Balaban J connectivity index is 2.55. The number of nitrogens with one attached hydrogen (secondary N) is 1. The molecule has 1 aromatic carbocycles. The Kier molecular flexibility index (Phi) is 5.41. The maximum atomic E-state index is 12.5. The molecular weight excluding hydrogens is 239 g/mol. The molecule has 1 unspecified atom stereocenters. The van der Waals surface area contributed by atoms with E-state index < -0.39 is 11.7 Å². The number of rotatable bonds is 6. The summed E-state index contributed by atoms with van der Waals surface area (Å²) >= 11 is 0. The molecule has 4 heteroatoms. The maximum Gasteiger partial charge on any atom is 0.416 e. The lowest BCUT2D eigenvalue weighted by Crippen LogP contribution is -2.25. The average molecular weight is 257 g/mol. The Labute approximate surface area is 106 Å². The highest BCUT2D eigenvalue weighted by atomic mass is 19.4. The van der Waals surface area contributed by atoms with Gasteiger partial charge in [0.1, 0.15) is 0 Å². The van der Waals surface area contributed by atoms with Gasteiger partial charge in [-0.25, -0.2) is 0 Å². The second-order valence-electron chi connectivity index (χ2n) is 4.35. The minimum atomic E-state index is -4.27. The molecule has 100 valence electrons. The van der Waals surface area contributed by atoms with Gasteiger partial charge in [0.25, 0.3) is 0 Å². The molecule has 0 bridgehead atoms. The summed E-state index contributed by atoms with van der Waals surface area (Å²) in [7, 11) is 0. The van der Waals surface area contributed by atoms with Crippen LogP contribution >= 0.6 is 0 Å². The van der Waals surface area contributed by atoms with E-state index in [-0.39, 0.29) is 6.04 Å². The third kappa shape index (κ3) is 4.92. The first-order valence-corrected chi connectivity index (χ1v) is 5.94. The maximum absolute atomic E-state index is 12.5. The molecule has 1 N–H and O–H groups in total. The molecule has 0 aliphatic heterocycles. The Bertz CT molecular complexity index is 385. The van der Waals surface area contributed by atoms with Crippen molar-refractivity contribution in [3.8, 4) is 0 Å². The van der Waals surface area contributed by atoms with Crippen molar-refractivity contribution in [1.29, 1.82) is 0 Å². The molecule has 0 heterocycles. The minimum absolute atomic E-state index is 0.262. The number of halogens is 3. The number of allylic oxidation sites excluding steroid dienone is 1. The molecule has 0 radical (unpaired) electrons. The van der Waals surface area contributed by atoms with Crippen LogP contribution in [0.2, 0.25) is 0 Å². The summed E-state index contributed by atoms with van der Waals surface area (Å²) in [5.41, 5.74) is 0.0517. The van der Waals surface area contributed by atoms with E-state index in [4.69, 9.17) is 0 Å². The van der Waals surface area contributed by atoms with Crippen LogP contribution in [0.5, 0.6) is 0 Å². The molecule has 0 spiro atoms. The Hall–Kier alpha value is -1.29. The van der Waals surface area contributed by atoms with Crippen LogP contribution in [0.4, 0.5) is 13.2 Å². The van der Waals surface area contributed by atoms with Crippen molar-refractivity contribution in [3.05, 3.63) is 48.0 Å². The van der Waals surface area contributed by atoms with Gasteiger partial charge in [-0.15, -0.1) is 6.58 Å². The van der Waals surface area contributed by atoms with Gasteiger partial charge in [-0.2, -0.15) is 13.2 Å². The van der Waals surface area contributed by atoms with E-state index in [9.17, 15) is 13.2 Å². The summed E-state index contributed by atoms with van der Waals surface area (Å²) in [5.74, 6) is 0. The zero-order valence-electron chi connectivity index (χ0n) is 10.4. The molecule has 1 nitrogen and oxygen atoms in total. The standard InChI is InChI=1S/C14H18F3N/c1-3-4-6-11(2)18-10-12-7-5-8-13(9-12)14(15,16)17/h3,5,7-9,11,18H,1,4,6,10H2,2H3. The largest absolute Gasteiger partial charge is 0.416 e. The van der Waals surface area contributed by atoms with Gasteiger partial charge < -0.3 is 5.32 Å². The van der Waals surface area contributed by atoms with E-state index in [2.05, 4.69) is 11.9 Å². The van der Waals surface area contributed by atoms with E-state index in [1.807, 2.05) is 13.0 Å². The first kappa shape index (κ1) is 14.8. The molecule has 0 saturated heterocycles. The molecule has 0 aromatic heterocycles. The summed E-state index contributed by atoms with van der Waals surface area (Å²) < 4.78 is 37.5. The van der Waals surface area contributed by atoms with Gasteiger partial charge in [-0.05, 0) is 31.4 Å². The van der Waals surface area contributed by atoms with Crippen molar-refractivity contribution < 1.29 is 13.2 Å². The quantitative estimate of drug-likeness (QED) is 0.755. The van der Waals surface area contributed by atoms with Crippen molar-refractivity contribution in [2.75, 3.05) is 0 Å². The van der Waals surface area contributed by atoms with E-state index >= 15 is 0 Å². The van der Waals surface area contributed by atoms with Gasteiger partial charge >= 0.3 is 6.18 Å². The number of hydrogen-bond donors (Lipinski definition) is 1. The molecule has 1 atom stereocenters. The molecule has 18 heavy (non-hydrogen) atoms. The molecule has 0 aliphatic carbocycles. The van der Waals surface area contributed by atoms with Crippen LogP contribution in [0.25, 0.3) is 0 Å². The van der Waals surface area contributed by atoms with Gasteiger partial charge in [0.15, 0.2) is 0 Å². The third-order valence-corrected chi connectivity index (χ3v) is 2.71. The van der Waals surface area contributed by atoms with Crippen LogP contribution < -0.4 is 5.32 Å². The summed E-state index contributed by atoms with van der Waals surface area (Å²) in [6.45, 7) is 6.09. The van der Waals surface area contributed by atoms with Crippen LogP contribution in [0.3, 0.4) is 0 Å². The topological polar surface area (TPSA) is 12.0 Å². The fourth-order valence-corrected chi connectivity index (χ4v) is 1.62. The van der Waals surface area contributed by atoms with Crippen molar-refractivity contribution in [2.24, 2.45) is 0 Å². The molecular formula is C14H18F3N. The van der Waals surface area contributed by atoms with Gasteiger partial charge in [-0.1, -0.05) is 24.3 Å². The third-order valence-electron chi connectivity index (χ3n) is 2.71. The highest BCUT2D eigenvalue weighted by molar-refractivity contribution is 5.25. The Morgan fingerprint density at radius 2 is 2.11 bits per heavy atom. The summed E-state index contributed by atoms with van der Waals surface area (Å²) in [6.07, 6.45) is -0.605. The smallest absolute Gasteiger partial charge is 0.310 e. The van der Waals surface area contributed by atoms with Crippen LogP contribution in [-0.4, -0.2) is 6.04 Å². The Morgan fingerprint density at radius 1 is 1.39 bits per heavy atom. The monoisotopic (exact) mass is 257 g/mol. The highest BCUT2D eigenvalue weighted by Crippen LogP contribution is 2.29. The van der Waals surface area contributed by atoms with Crippen LogP contribution in [0.1, 0.15) is 30.9 Å². The second-order valence-corrected chi connectivity index (χ2v) is 4.35.